The summed E-state index contributed by atoms with van der Waals surface area (Å²) in [7, 11) is 0. The lowest BCUT2D eigenvalue weighted by Gasteiger charge is -2.36. The lowest BCUT2D eigenvalue weighted by molar-refractivity contribution is -0.143. The van der Waals surface area contributed by atoms with Crippen molar-refractivity contribution in [3.63, 3.8) is 0 Å². The molecular weight excluding hydrogens is 366 g/mol. The lowest BCUT2D eigenvalue weighted by Crippen LogP contribution is -2.43. The van der Waals surface area contributed by atoms with Crippen LogP contribution in [0.25, 0.3) is 0 Å². The molecule has 3 rings (SSSR count). The monoisotopic (exact) mass is 385 g/mol. The van der Waals surface area contributed by atoms with Gasteiger partial charge in [0.1, 0.15) is 12.4 Å². The fourth-order valence-electron chi connectivity index (χ4n) is 3.39. The normalized spacial score (nSPS) is 18.0. The van der Waals surface area contributed by atoms with Gasteiger partial charge in [-0.2, -0.15) is 18.3 Å². The lowest BCUT2D eigenvalue weighted by atomic mass is 10.0. The van der Waals surface area contributed by atoms with Crippen LogP contribution in [-0.4, -0.2) is 46.5 Å². The van der Waals surface area contributed by atoms with Crippen LogP contribution in [0, 0.1) is 19.7 Å². The molecule has 0 N–H and O–H groups in total. The van der Waals surface area contributed by atoms with Crippen molar-refractivity contribution in [3.8, 4) is 0 Å². The van der Waals surface area contributed by atoms with Crippen LogP contribution in [-0.2, 0) is 11.3 Å². The minimum Gasteiger partial charge on any atom is -0.377 e. The SMILES string of the molecule is Cc1nn(CC(F)(F)F)c(C)c1[C@H]1COCCN1C(=O)c1cccc(F)c1. The number of aromatic nitrogens is 2. The molecule has 1 saturated heterocycles. The molecule has 146 valence electrons. The number of halogens is 4. The van der Waals surface area contributed by atoms with Crippen LogP contribution in [0.2, 0.25) is 0 Å². The van der Waals surface area contributed by atoms with Crippen molar-refractivity contribution in [2.75, 3.05) is 19.8 Å². The van der Waals surface area contributed by atoms with Gasteiger partial charge in [0.2, 0.25) is 0 Å². The van der Waals surface area contributed by atoms with E-state index in [1.54, 1.807) is 13.8 Å². The van der Waals surface area contributed by atoms with Crippen molar-refractivity contribution in [1.82, 2.24) is 14.7 Å². The van der Waals surface area contributed by atoms with Gasteiger partial charge in [0, 0.05) is 23.4 Å². The summed E-state index contributed by atoms with van der Waals surface area (Å²) in [6.45, 7) is 2.64. The third-order valence-electron chi connectivity index (χ3n) is 4.56. The summed E-state index contributed by atoms with van der Waals surface area (Å²) >= 11 is 0. The van der Waals surface area contributed by atoms with E-state index in [0.29, 0.717) is 23.6 Å². The molecule has 1 aromatic heterocycles. The van der Waals surface area contributed by atoms with E-state index in [2.05, 4.69) is 5.10 Å². The first-order valence-corrected chi connectivity index (χ1v) is 8.42. The molecule has 1 fully saturated rings. The Kier molecular flexibility index (Phi) is 5.23. The molecule has 2 aromatic rings. The Labute approximate surface area is 153 Å². The number of benzene rings is 1. The number of nitrogens with zero attached hydrogens (tertiary/aromatic N) is 3. The molecule has 0 bridgehead atoms. The van der Waals surface area contributed by atoms with Crippen LogP contribution in [0.15, 0.2) is 24.3 Å². The molecule has 2 heterocycles. The zero-order valence-electron chi connectivity index (χ0n) is 14.9. The maximum atomic E-state index is 13.5. The summed E-state index contributed by atoms with van der Waals surface area (Å²) in [6.07, 6.45) is -4.40. The number of carbonyl (C=O) groups is 1. The van der Waals surface area contributed by atoms with Gasteiger partial charge in [-0.3, -0.25) is 9.48 Å². The van der Waals surface area contributed by atoms with Crippen LogP contribution in [0.1, 0.15) is 33.4 Å². The molecule has 0 saturated carbocycles. The summed E-state index contributed by atoms with van der Waals surface area (Å²) in [4.78, 5) is 14.4. The maximum Gasteiger partial charge on any atom is 0.408 e. The molecule has 0 spiro atoms. The molecular formula is C18H19F4N3O2. The van der Waals surface area contributed by atoms with Gasteiger partial charge in [0.05, 0.1) is 24.9 Å². The first-order valence-electron chi connectivity index (χ1n) is 8.42. The third kappa shape index (κ3) is 4.13. The minimum absolute atomic E-state index is 0.139. The van der Waals surface area contributed by atoms with Gasteiger partial charge in [-0.05, 0) is 32.0 Å². The minimum atomic E-state index is -4.40. The van der Waals surface area contributed by atoms with Gasteiger partial charge in [-0.1, -0.05) is 6.07 Å². The van der Waals surface area contributed by atoms with Gasteiger partial charge >= 0.3 is 6.18 Å². The van der Waals surface area contributed by atoms with E-state index in [-0.39, 0.29) is 18.7 Å². The fraction of sp³-hybridized carbons (Fsp3) is 0.444. The Morgan fingerprint density at radius 1 is 1.33 bits per heavy atom. The molecule has 1 amide bonds. The van der Waals surface area contributed by atoms with Gasteiger partial charge in [0.25, 0.3) is 5.91 Å². The van der Waals surface area contributed by atoms with Crippen LogP contribution >= 0.6 is 0 Å². The highest BCUT2D eigenvalue weighted by Gasteiger charge is 2.35. The molecule has 1 aliphatic heterocycles. The van der Waals surface area contributed by atoms with Crippen molar-refractivity contribution >= 4 is 5.91 Å². The van der Waals surface area contributed by atoms with E-state index in [1.807, 2.05) is 0 Å². The van der Waals surface area contributed by atoms with Gasteiger partial charge in [0.15, 0.2) is 0 Å². The molecule has 0 aliphatic carbocycles. The van der Waals surface area contributed by atoms with Gasteiger partial charge < -0.3 is 9.64 Å². The second-order valence-electron chi connectivity index (χ2n) is 6.46. The summed E-state index contributed by atoms with van der Waals surface area (Å²) in [6, 6.07) is 4.74. The number of amides is 1. The van der Waals surface area contributed by atoms with Gasteiger partial charge in [-0.25, -0.2) is 4.39 Å². The van der Waals surface area contributed by atoms with E-state index in [0.717, 1.165) is 10.7 Å². The van der Waals surface area contributed by atoms with E-state index in [4.69, 9.17) is 4.74 Å². The summed E-state index contributed by atoms with van der Waals surface area (Å²) in [5, 5.41) is 3.99. The number of morpholine rings is 1. The molecule has 1 aliphatic rings. The Morgan fingerprint density at radius 2 is 2.07 bits per heavy atom. The van der Waals surface area contributed by atoms with Crippen molar-refractivity contribution < 1.29 is 27.1 Å². The van der Waals surface area contributed by atoms with Crippen LogP contribution in [0.3, 0.4) is 0 Å². The number of alkyl halides is 3. The summed E-state index contributed by atoms with van der Waals surface area (Å²) in [5.41, 5.74) is 1.45. The highest BCUT2D eigenvalue weighted by molar-refractivity contribution is 5.94. The highest BCUT2D eigenvalue weighted by Crippen LogP contribution is 2.32. The topological polar surface area (TPSA) is 47.4 Å². The molecule has 1 atom stereocenters. The second kappa shape index (κ2) is 7.30. The molecule has 0 radical (unpaired) electrons. The van der Waals surface area contributed by atoms with Crippen molar-refractivity contribution in [1.29, 1.82) is 0 Å². The maximum absolute atomic E-state index is 13.5. The fourth-order valence-corrected chi connectivity index (χ4v) is 3.39. The largest absolute Gasteiger partial charge is 0.408 e. The Morgan fingerprint density at radius 3 is 2.74 bits per heavy atom. The number of aryl methyl sites for hydroxylation is 1. The molecule has 27 heavy (non-hydrogen) atoms. The standard InChI is InChI=1S/C18H19F4N3O2/c1-11-16(12(2)25(23-11)10-18(20,21)22)15-9-27-7-6-24(15)17(26)13-4-3-5-14(19)8-13/h3-5,8,15H,6-7,9-10H2,1-2H3/t15-/m1/s1. The van der Waals surface area contributed by atoms with E-state index >= 15 is 0 Å². The highest BCUT2D eigenvalue weighted by atomic mass is 19.4. The Hall–Kier alpha value is -2.42. The number of hydrogen-bond donors (Lipinski definition) is 0. The van der Waals surface area contributed by atoms with Crippen LogP contribution in [0.5, 0.6) is 0 Å². The first-order chi connectivity index (χ1) is 12.7. The van der Waals surface area contributed by atoms with Gasteiger partial charge in [-0.15, -0.1) is 0 Å². The van der Waals surface area contributed by atoms with Crippen molar-refractivity contribution in [2.45, 2.75) is 32.6 Å². The average Bonchev–Trinajstić information content (AvgIpc) is 2.86. The first kappa shape index (κ1) is 19.3. The summed E-state index contributed by atoms with van der Waals surface area (Å²) < 4.78 is 58.2. The zero-order valence-corrected chi connectivity index (χ0v) is 14.9. The third-order valence-corrected chi connectivity index (χ3v) is 4.56. The van der Waals surface area contributed by atoms with Crippen LogP contribution in [0.4, 0.5) is 17.6 Å². The average molecular weight is 385 g/mol. The van der Waals surface area contributed by atoms with E-state index in [1.165, 1.54) is 23.1 Å². The Bertz CT molecular complexity index is 848. The zero-order chi connectivity index (χ0) is 19.8. The molecule has 5 nitrogen and oxygen atoms in total. The number of carbonyl (C=O) groups excluding carboxylic acids is 1. The predicted molar refractivity (Wildman–Crippen MR) is 88.8 cm³/mol. The number of ether oxygens (including phenoxy) is 1. The molecule has 9 heteroatoms. The van der Waals surface area contributed by atoms with Crippen LogP contribution < -0.4 is 0 Å². The van der Waals surface area contributed by atoms with Crippen molar-refractivity contribution in [3.05, 3.63) is 52.6 Å². The second-order valence-corrected chi connectivity index (χ2v) is 6.46. The predicted octanol–water partition coefficient (Wildman–Crippen LogP) is 3.42. The quantitative estimate of drug-likeness (QED) is 0.761. The molecule has 1 aromatic carbocycles. The summed E-state index contributed by atoms with van der Waals surface area (Å²) in [5.74, 6) is -0.929. The molecule has 0 unspecified atom stereocenters. The Balaban J connectivity index is 1.95. The number of hydrogen-bond acceptors (Lipinski definition) is 3. The van der Waals surface area contributed by atoms with Crippen molar-refractivity contribution in [2.24, 2.45) is 0 Å². The number of rotatable bonds is 3. The smallest absolute Gasteiger partial charge is 0.377 e. The van der Waals surface area contributed by atoms with E-state index in [9.17, 15) is 22.4 Å². The van der Waals surface area contributed by atoms with E-state index < -0.39 is 30.5 Å².